The van der Waals surface area contributed by atoms with Gasteiger partial charge in [0.25, 0.3) is 0 Å². The Kier molecular flexibility index (Phi) is 6.26. The molecule has 5 heteroatoms. The van der Waals surface area contributed by atoms with Crippen molar-refractivity contribution >= 4 is 5.82 Å². The maximum Gasteiger partial charge on any atom is 0.130 e. The van der Waals surface area contributed by atoms with Crippen molar-refractivity contribution in [3.05, 3.63) is 41.1 Å². The first-order valence-corrected chi connectivity index (χ1v) is 8.48. The fourth-order valence-electron chi connectivity index (χ4n) is 3.01. The van der Waals surface area contributed by atoms with Crippen LogP contribution >= 0.6 is 0 Å². The van der Waals surface area contributed by atoms with Gasteiger partial charge in [0.15, 0.2) is 0 Å². The van der Waals surface area contributed by atoms with E-state index in [1.54, 1.807) is 7.11 Å². The van der Waals surface area contributed by atoms with Crippen LogP contribution in [0.4, 0.5) is 5.82 Å². The number of nitrogens with zero attached hydrogens (tertiary/aromatic N) is 3. The van der Waals surface area contributed by atoms with Gasteiger partial charge in [0, 0.05) is 39.3 Å². The third-order valence-electron chi connectivity index (χ3n) is 4.39. The second-order valence-electron chi connectivity index (χ2n) is 6.57. The summed E-state index contributed by atoms with van der Waals surface area (Å²) >= 11 is 0. The quantitative estimate of drug-likeness (QED) is 0.808. The third-order valence-corrected chi connectivity index (χ3v) is 4.39. The average molecular weight is 330 g/mol. The molecule has 2 rings (SSSR count). The van der Waals surface area contributed by atoms with Crippen molar-refractivity contribution < 1.29 is 4.74 Å². The van der Waals surface area contributed by atoms with Crippen LogP contribution in [0.25, 0.3) is 0 Å². The molecule has 1 heterocycles. The molecule has 1 N–H and O–H groups in total. The fourth-order valence-corrected chi connectivity index (χ4v) is 3.01. The molecule has 0 aliphatic rings. The molecule has 0 aliphatic carbocycles. The van der Waals surface area contributed by atoms with Crippen LogP contribution in [0.1, 0.15) is 30.2 Å². The monoisotopic (exact) mass is 330 g/mol. The van der Waals surface area contributed by atoms with E-state index in [1.165, 1.54) is 16.9 Å². The largest absolute Gasteiger partial charge is 0.497 e. The number of methoxy groups -OCH3 is 1. The van der Waals surface area contributed by atoms with Gasteiger partial charge in [-0.25, -0.2) is 0 Å². The molecule has 0 fully saturated rings. The number of nitrogens with one attached hydrogen (secondary N) is 1. The molecule has 0 radical (unpaired) electrons. The minimum Gasteiger partial charge on any atom is -0.497 e. The van der Waals surface area contributed by atoms with Crippen LogP contribution in [0.15, 0.2) is 24.3 Å². The molecular weight excluding hydrogens is 300 g/mol. The van der Waals surface area contributed by atoms with Crippen molar-refractivity contribution in [3.8, 4) is 5.75 Å². The van der Waals surface area contributed by atoms with Crippen LogP contribution in [0.2, 0.25) is 0 Å². The highest BCUT2D eigenvalue weighted by Crippen LogP contribution is 2.21. The zero-order chi connectivity index (χ0) is 17.7. The number of ether oxygens (including phenoxy) is 1. The maximum absolute atomic E-state index is 5.20. The van der Waals surface area contributed by atoms with Crippen molar-refractivity contribution in [2.45, 2.75) is 39.3 Å². The first-order valence-electron chi connectivity index (χ1n) is 8.48. The molecule has 24 heavy (non-hydrogen) atoms. The predicted molar refractivity (Wildman–Crippen MR) is 99.9 cm³/mol. The van der Waals surface area contributed by atoms with Crippen molar-refractivity contribution in [1.29, 1.82) is 0 Å². The van der Waals surface area contributed by atoms with E-state index in [0.29, 0.717) is 6.04 Å². The number of hydrogen-bond acceptors (Lipinski definition) is 4. The number of hydrogen-bond donors (Lipinski definition) is 1. The lowest BCUT2D eigenvalue weighted by Gasteiger charge is -2.18. The Morgan fingerprint density at radius 3 is 2.50 bits per heavy atom. The van der Waals surface area contributed by atoms with Gasteiger partial charge in [0.2, 0.25) is 0 Å². The summed E-state index contributed by atoms with van der Waals surface area (Å²) in [6.07, 6.45) is 2.16. The average Bonchev–Trinajstić information content (AvgIpc) is 2.85. The summed E-state index contributed by atoms with van der Waals surface area (Å²) in [7, 11) is 7.82. The van der Waals surface area contributed by atoms with Crippen molar-refractivity contribution in [2.24, 2.45) is 7.05 Å². The van der Waals surface area contributed by atoms with Gasteiger partial charge < -0.3 is 15.0 Å². The summed E-state index contributed by atoms with van der Waals surface area (Å²) in [4.78, 5) is 2.12. The van der Waals surface area contributed by atoms with Crippen molar-refractivity contribution in [2.75, 3.05) is 26.1 Å². The minimum absolute atomic E-state index is 0.446. The number of aryl methyl sites for hydroxylation is 3. The van der Waals surface area contributed by atoms with Gasteiger partial charge in [-0.3, -0.25) is 4.68 Å². The SMILES string of the molecule is COc1ccc(CC[C@@H](C)NCc2c(C)nn(C)c2N(C)C)cc1. The summed E-state index contributed by atoms with van der Waals surface area (Å²) in [5.74, 6) is 2.08. The first kappa shape index (κ1) is 18.3. The van der Waals surface area contributed by atoms with E-state index >= 15 is 0 Å². The molecular formula is C19H30N4O. The molecule has 5 nitrogen and oxygen atoms in total. The number of anilines is 1. The molecule has 0 saturated heterocycles. The lowest BCUT2D eigenvalue weighted by molar-refractivity contribution is 0.414. The summed E-state index contributed by atoms with van der Waals surface area (Å²) in [6, 6.07) is 8.77. The van der Waals surface area contributed by atoms with Gasteiger partial charge in [-0.1, -0.05) is 12.1 Å². The Labute approximate surface area is 145 Å². The standard InChI is InChI=1S/C19H30N4O/c1-14(7-8-16-9-11-17(24-6)12-10-16)20-13-18-15(2)21-23(5)19(18)22(3)4/h9-12,14,20H,7-8,13H2,1-6H3/t14-/m1/s1. The molecule has 0 unspecified atom stereocenters. The van der Waals surface area contributed by atoms with E-state index < -0.39 is 0 Å². The van der Waals surface area contributed by atoms with Crippen LogP contribution in [0, 0.1) is 6.92 Å². The predicted octanol–water partition coefficient (Wildman–Crippen LogP) is 2.91. The highest BCUT2D eigenvalue weighted by atomic mass is 16.5. The molecule has 1 aromatic carbocycles. The molecule has 0 saturated carbocycles. The third kappa shape index (κ3) is 4.51. The van der Waals surface area contributed by atoms with E-state index in [1.807, 2.05) is 23.9 Å². The normalized spacial score (nSPS) is 12.2. The Hall–Kier alpha value is -2.01. The van der Waals surface area contributed by atoms with Gasteiger partial charge in [0.05, 0.1) is 12.8 Å². The van der Waals surface area contributed by atoms with Crippen LogP contribution in [0.3, 0.4) is 0 Å². The molecule has 2 aromatic rings. The summed E-state index contributed by atoms with van der Waals surface area (Å²) < 4.78 is 7.15. The van der Waals surface area contributed by atoms with E-state index in [0.717, 1.165) is 30.8 Å². The van der Waals surface area contributed by atoms with Crippen molar-refractivity contribution in [3.63, 3.8) is 0 Å². The van der Waals surface area contributed by atoms with Crippen LogP contribution in [-0.2, 0) is 20.0 Å². The Morgan fingerprint density at radius 1 is 1.25 bits per heavy atom. The lowest BCUT2D eigenvalue weighted by Crippen LogP contribution is -2.27. The highest BCUT2D eigenvalue weighted by Gasteiger charge is 2.15. The van der Waals surface area contributed by atoms with E-state index in [9.17, 15) is 0 Å². The Balaban J connectivity index is 1.88. The Bertz CT molecular complexity index is 646. The first-order chi connectivity index (χ1) is 11.4. The Morgan fingerprint density at radius 2 is 1.92 bits per heavy atom. The van der Waals surface area contributed by atoms with Crippen molar-refractivity contribution in [1.82, 2.24) is 15.1 Å². The van der Waals surface area contributed by atoms with E-state index in [2.05, 4.69) is 55.4 Å². The zero-order valence-corrected chi connectivity index (χ0v) is 15.8. The fraction of sp³-hybridized carbons (Fsp3) is 0.526. The topological polar surface area (TPSA) is 42.3 Å². The smallest absolute Gasteiger partial charge is 0.130 e. The second-order valence-corrected chi connectivity index (χ2v) is 6.57. The summed E-state index contributed by atoms with van der Waals surface area (Å²) in [5, 5.41) is 8.18. The number of rotatable bonds is 8. The van der Waals surface area contributed by atoms with E-state index in [-0.39, 0.29) is 0 Å². The molecule has 1 aromatic heterocycles. The van der Waals surface area contributed by atoms with Gasteiger partial charge in [-0.15, -0.1) is 0 Å². The zero-order valence-electron chi connectivity index (χ0n) is 15.8. The van der Waals surface area contributed by atoms with Gasteiger partial charge in [-0.2, -0.15) is 5.10 Å². The van der Waals surface area contributed by atoms with Crippen LogP contribution < -0.4 is 15.0 Å². The van der Waals surface area contributed by atoms with Gasteiger partial charge >= 0.3 is 0 Å². The van der Waals surface area contributed by atoms with Crippen LogP contribution in [0.5, 0.6) is 5.75 Å². The van der Waals surface area contributed by atoms with Gasteiger partial charge in [0.1, 0.15) is 11.6 Å². The molecule has 0 amide bonds. The summed E-state index contributed by atoms with van der Waals surface area (Å²) in [6.45, 7) is 5.16. The molecule has 132 valence electrons. The number of aromatic nitrogens is 2. The lowest BCUT2D eigenvalue weighted by atomic mass is 10.1. The molecule has 1 atom stereocenters. The second kappa shape index (κ2) is 8.20. The summed E-state index contributed by atoms with van der Waals surface area (Å²) in [5.41, 5.74) is 3.71. The van der Waals surface area contributed by atoms with E-state index in [4.69, 9.17) is 4.74 Å². The number of benzene rings is 1. The maximum atomic E-state index is 5.20. The van der Waals surface area contributed by atoms with Gasteiger partial charge in [-0.05, 0) is 44.4 Å². The highest BCUT2D eigenvalue weighted by molar-refractivity contribution is 5.48. The molecule has 0 bridgehead atoms. The molecule has 0 spiro atoms. The molecule has 0 aliphatic heterocycles. The minimum atomic E-state index is 0.446. The van der Waals surface area contributed by atoms with Crippen LogP contribution in [-0.4, -0.2) is 37.0 Å².